The van der Waals surface area contributed by atoms with Crippen molar-refractivity contribution in [3.05, 3.63) is 51.6 Å². The molecule has 2 atom stereocenters. The Morgan fingerprint density at radius 1 is 1.34 bits per heavy atom. The summed E-state index contributed by atoms with van der Waals surface area (Å²) >= 11 is 0. The third-order valence-corrected chi connectivity index (χ3v) is 5.69. The summed E-state index contributed by atoms with van der Waals surface area (Å²) in [6.07, 6.45) is 2.30. The molecular formula is C21H28N6O2. The zero-order valence-electron chi connectivity index (χ0n) is 17.3. The van der Waals surface area contributed by atoms with Crippen LogP contribution in [0.15, 0.2) is 29.1 Å². The second kappa shape index (κ2) is 8.42. The Morgan fingerprint density at radius 3 is 3.00 bits per heavy atom. The quantitative estimate of drug-likeness (QED) is 0.688. The Bertz CT molecular complexity index is 1040. The highest BCUT2D eigenvalue weighted by molar-refractivity contribution is 5.79. The fourth-order valence-electron chi connectivity index (χ4n) is 4.25. The largest absolute Gasteiger partial charge is 0.383 e. The van der Waals surface area contributed by atoms with Crippen LogP contribution in [0.25, 0.3) is 10.9 Å². The molecule has 8 nitrogen and oxygen atoms in total. The Hall–Kier alpha value is -2.58. The van der Waals surface area contributed by atoms with E-state index in [4.69, 9.17) is 4.74 Å². The smallest absolute Gasteiger partial charge is 0.253 e. The summed E-state index contributed by atoms with van der Waals surface area (Å²) in [4.78, 5) is 18.5. The Morgan fingerprint density at radius 2 is 2.21 bits per heavy atom. The van der Waals surface area contributed by atoms with Crippen molar-refractivity contribution in [2.75, 3.05) is 26.8 Å². The molecule has 1 aliphatic rings. The first-order valence-corrected chi connectivity index (χ1v) is 10.2. The van der Waals surface area contributed by atoms with Gasteiger partial charge in [-0.25, -0.2) is 4.68 Å². The molecule has 3 heterocycles. The maximum Gasteiger partial charge on any atom is 0.253 e. The molecule has 1 aliphatic heterocycles. The van der Waals surface area contributed by atoms with Crippen molar-refractivity contribution < 1.29 is 4.74 Å². The van der Waals surface area contributed by atoms with Crippen LogP contribution in [0, 0.1) is 12.8 Å². The SMILES string of the molecule is COCCn1nnnc1[C@H](c1cc2cc(C)ccc2[nH]c1=O)N1CCC[C@H](C)C1. The Kier molecular flexibility index (Phi) is 5.73. The Labute approximate surface area is 169 Å². The van der Waals surface area contributed by atoms with E-state index in [0.29, 0.717) is 30.5 Å². The number of tetrazole rings is 1. The van der Waals surface area contributed by atoms with Crippen LogP contribution < -0.4 is 5.56 Å². The lowest BCUT2D eigenvalue weighted by molar-refractivity contribution is 0.137. The van der Waals surface area contributed by atoms with E-state index >= 15 is 0 Å². The number of fused-ring (bicyclic) bond motifs is 1. The van der Waals surface area contributed by atoms with Crippen LogP contribution in [0.2, 0.25) is 0 Å². The molecule has 1 aromatic carbocycles. The van der Waals surface area contributed by atoms with Gasteiger partial charge < -0.3 is 9.72 Å². The predicted octanol–water partition coefficient (Wildman–Crippen LogP) is 2.29. The molecule has 4 rings (SSSR count). The van der Waals surface area contributed by atoms with Gasteiger partial charge in [-0.05, 0) is 66.2 Å². The molecule has 0 unspecified atom stereocenters. The van der Waals surface area contributed by atoms with Gasteiger partial charge >= 0.3 is 0 Å². The van der Waals surface area contributed by atoms with Crippen LogP contribution in [0.1, 0.15) is 42.8 Å². The van der Waals surface area contributed by atoms with Gasteiger partial charge in [-0.3, -0.25) is 9.69 Å². The summed E-state index contributed by atoms with van der Waals surface area (Å²) in [5.74, 6) is 1.25. The zero-order valence-corrected chi connectivity index (χ0v) is 17.3. The highest BCUT2D eigenvalue weighted by atomic mass is 16.5. The number of ether oxygens (including phenoxy) is 1. The van der Waals surface area contributed by atoms with Gasteiger partial charge in [0.1, 0.15) is 6.04 Å². The topological polar surface area (TPSA) is 88.9 Å². The molecule has 2 aromatic heterocycles. The lowest BCUT2D eigenvalue weighted by atomic mass is 9.95. The third kappa shape index (κ3) is 4.09. The van der Waals surface area contributed by atoms with Gasteiger partial charge in [0.15, 0.2) is 5.82 Å². The van der Waals surface area contributed by atoms with E-state index in [9.17, 15) is 4.79 Å². The number of piperidine rings is 1. The molecule has 0 aliphatic carbocycles. The number of aryl methyl sites for hydroxylation is 1. The molecule has 3 aromatic rings. The first-order valence-electron chi connectivity index (χ1n) is 10.2. The number of nitrogens with one attached hydrogen (secondary N) is 1. The normalized spacial score (nSPS) is 18.9. The molecule has 0 radical (unpaired) electrons. The molecule has 8 heteroatoms. The highest BCUT2D eigenvalue weighted by Gasteiger charge is 2.32. The number of nitrogens with zero attached hydrogens (tertiary/aromatic N) is 5. The van der Waals surface area contributed by atoms with E-state index in [1.807, 2.05) is 18.2 Å². The van der Waals surface area contributed by atoms with E-state index in [1.54, 1.807) is 11.8 Å². The van der Waals surface area contributed by atoms with Gasteiger partial charge in [0.25, 0.3) is 5.56 Å². The van der Waals surface area contributed by atoms with E-state index in [-0.39, 0.29) is 11.6 Å². The van der Waals surface area contributed by atoms with Crippen LogP contribution in [-0.2, 0) is 11.3 Å². The lowest BCUT2D eigenvalue weighted by Crippen LogP contribution is -2.41. The number of likely N-dealkylation sites (tertiary alicyclic amines) is 1. The number of benzene rings is 1. The molecule has 0 spiro atoms. The van der Waals surface area contributed by atoms with Crippen LogP contribution >= 0.6 is 0 Å². The molecule has 1 saturated heterocycles. The minimum absolute atomic E-state index is 0.0918. The highest BCUT2D eigenvalue weighted by Crippen LogP contribution is 2.30. The second-order valence-corrected chi connectivity index (χ2v) is 8.04. The van der Waals surface area contributed by atoms with Gasteiger partial charge in [-0.15, -0.1) is 5.10 Å². The maximum atomic E-state index is 13.1. The van der Waals surface area contributed by atoms with Crippen molar-refractivity contribution in [2.24, 2.45) is 5.92 Å². The summed E-state index contributed by atoms with van der Waals surface area (Å²) in [6, 6.07) is 7.76. The number of methoxy groups -OCH3 is 1. The number of pyridine rings is 1. The van der Waals surface area contributed by atoms with Crippen molar-refractivity contribution in [1.82, 2.24) is 30.1 Å². The Balaban J connectivity index is 1.84. The van der Waals surface area contributed by atoms with E-state index in [1.165, 1.54) is 6.42 Å². The molecule has 0 amide bonds. The number of hydrogen-bond acceptors (Lipinski definition) is 6. The summed E-state index contributed by atoms with van der Waals surface area (Å²) < 4.78 is 6.97. The standard InChI is InChI=1S/C21H28N6O2/c1-14-6-7-18-16(11-14)12-17(21(28)22-18)19(26-8-4-5-15(2)13-26)20-23-24-25-27(20)9-10-29-3/h6-7,11-12,15,19H,4-5,8-10,13H2,1-3H3,(H,22,28)/t15-,19-/m0/s1. The summed E-state index contributed by atoms with van der Waals surface area (Å²) in [6.45, 7) is 7.19. The van der Waals surface area contributed by atoms with Crippen molar-refractivity contribution in [3.63, 3.8) is 0 Å². The monoisotopic (exact) mass is 396 g/mol. The fraction of sp³-hybridized carbons (Fsp3) is 0.524. The third-order valence-electron chi connectivity index (χ3n) is 5.69. The van der Waals surface area contributed by atoms with Gasteiger partial charge in [-0.2, -0.15) is 0 Å². The summed E-state index contributed by atoms with van der Waals surface area (Å²) in [7, 11) is 1.66. The van der Waals surface area contributed by atoms with Gasteiger partial charge in [0, 0.05) is 24.7 Å². The van der Waals surface area contributed by atoms with Gasteiger partial charge in [0.05, 0.1) is 13.2 Å². The van der Waals surface area contributed by atoms with Crippen LogP contribution in [0.5, 0.6) is 0 Å². The van der Waals surface area contributed by atoms with Gasteiger partial charge in [-0.1, -0.05) is 18.6 Å². The first kappa shape index (κ1) is 19.7. The zero-order chi connectivity index (χ0) is 20.4. The summed E-state index contributed by atoms with van der Waals surface area (Å²) in [5.41, 5.74) is 2.59. The minimum atomic E-state index is -0.293. The van der Waals surface area contributed by atoms with Gasteiger partial charge in [0.2, 0.25) is 0 Å². The number of hydrogen-bond donors (Lipinski definition) is 1. The van der Waals surface area contributed by atoms with Crippen molar-refractivity contribution in [1.29, 1.82) is 0 Å². The first-order chi connectivity index (χ1) is 14.1. The van der Waals surface area contributed by atoms with Crippen molar-refractivity contribution >= 4 is 10.9 Å². The molecule has 1 fully saturated rings. The second-order valence-electron chi connectivity index (χ2n) is 8.04. The van der Waals surface area contributed by atoms with Crippen LogP contribution in [-0.4, -0.2) is 56.9 Å². The molecule has 154 valence electrons. The molecule has 29 heavy (non-hydrogen) atoms. The van der Waals surface area contributed by atoms with Crippen molar-refractivity contribution in [3.8, 4) is 0 Å². The summed E-state index contributed by atoms with van der Waals surface area (Å²) in [5, 5.41) is 13.4. The lowest BCUT2D eigenvalue weighted by Gasteiger charge is -2.36. The maximum absolute atomic E-state index is 13.1. The van der Waals surface area contributed by atoms with E-state index < -0.39 is 0 Å². The average Bonchev–Trinajstić information content (AvgIpc) is 3.15. The predicted molar refractivity (Wildman–Crippen MR) is 111 cm³/mol. The number of rotatable bonds is 6. The number of aromatic nitrogens is 5. The average molecular weight is 396 g/mol. The van der Waals surface area contributed by atoms with E-state index in [0.717, 1.165) is 36.0 Å². The van der Waals surface area contributed by atoms with Crippen molar-refractivity contribution in [2.45, 2.75) is 39.3 Å². The minimum Gasteiger partial charge on any atom is -0.383 e. The molecule has 1 N–H and O–H groups in total. The fourth-order valence-corrected chi connectivity index (χ4v) is 4.25. The van der Waals surface area contributed by atoms with Crippen LogP contribution in [0.4, 0.5) is 0 Å². The number of aromatic amines is 1. The number of H-pyrrole nitrogens is 1. The molecule has 0 bridgehead atoms. The molecular weight excluding hydrogens is 368 g/mol. The van der Waals surface area contributed by atoms with Crippen LogP contribution in [0.3, 0.4) is 0 Å². The van der Waals surface area contributed by atoms with E-state index in [2.05, 4.69) is 45.3 Å². The molecule has 0 saturated carbocycles.